The Morgan fingerprint density at radius 1 is 1.17 bits per heavy atom. The Bertz CT molecular complexity index is 978. The van der Waals surface area contributed by atoms with Crippen LogP contribution in [0.1, 0.15) is 11.9 Å². The van der Waals surface area contributed by atoms with Gasteiger partial charge in [0.05, 0.1) is 6.61 Å². The van der Waals surface area contributed by atoms with Gasteiger partial charge in [-0.15, -0.1) is 16.8 Å². The summed E-state index contributed by atoms with van der Waals surface area (Å²) in [6.45, 7) is 5.22. The number of thioether (sulfide) groups is 1. The zero-order chi connectivity index (χ0) is 20.1. The first-order valence-corrected chi connectivity index (χ1v) is 10.2. The third-order valence-corrected chi connectivity index (χ3v) is 5.18. The van der Waals surface area contributed by atoms with Crippen molar-refractivity contribution in [1.29, 1.82) is 0 Å². The highest BCUT2D eigenvalue weighted by Gasteiger charge is 2.28. The minimum Gasteiger partial charge on any atom is -0.493 e. The molecule has 2 heterocycles. The smallest absolute Gasteiger partial charge is 0.192 e. The fourth-order valence-corrected chi connectivity index (χ4v) is 3.69. The fourth-order valence-electron chi connectivity index (χ4n) is 2.92. The maximum absolute atomic E-state index is 12.9. The van der Waals surface area contributed by atoms with E-state index in [1.165, 1.54) is 23.9 Å². The van der Waals surface area contributed by atoms with Gasteiger partial charge in [0.25, 0.3) is 0 Å². The third kappa shape index (κ3) is 4.54. The molecule has 0 bridgehead atoms. The lowest BCUT2D eigenvalue weighted by Gasteiger charge is -2.26. The van der Waals surface area contributed by atoms with E-state index in [9.17, 15) is 4.39 Å². The summed E-state index contributed by atoms with van der Waals surface area (Å²) in [6.07, 6.45) is 1.45. The number of aromatic nitrogens is 3. The highest BCUT2D eigenvalue weighted by molar-refractivity contribution is 7.99. The molecule has 150 valence electrons. The molecule has 29 heavy (non-hydrogen) atoms. The topological polar surface area (TPSA) is 58.4 Å². The highest BCUT2D eigenvalue weighted by Crippen LogP contribution is 2.36. The molecule has 1 aliphatic rings. The van der Waals surface area contributed by atoms with Gasteiger partial charge in [-0.3, -0.25) is 4.57 Å². The van der Waals surface area contributed by atoms with Gasteiger partial charge in [0.2, 0.25) is 0 Å². The molecular weight excluding hydrogens is 393 g/mol. The molecule has 6 nitrogen and oxygen atoms in total. The number of hydrogen-bond donors (Lipinski definition) is 0. The van der Waals surface area contributed by atoms with E-state index < -0.39 is 0 Å². The minimum atomic E-state index is -0.345. The van der Waals surface area contributed by atoms with Gasteiger partial charge in [-0.2, -0.15) is 0 Å². The molecule has 0 amide bonds. The largest absolute Gasteiger partial charge is 0.493 e. The maximum atomic E-state index is 12.9. The molecule has 4 rings (SSSR count). The van der Waals surface area contributed by atoms with Gasteiger partial charge < -0.3 is 14.2 Å². The standard InChI is InChI=1S/C21H20FN3O3S/c1-2-11-25-20(19-14-27-17-5-3-4-6-18(17)28-19)23-24-21(25)29-13-12-26-16-9-7-15(22)8-10-16/h2-10,19H,1,11-14H2. The van der Waals surface area contributed by atoms with Crippen LogP contribution in [0.5, 0.6) is 17.2 Å². The van der Waals surface area contributed by atoms with Crippen LogP contribution in [0.15, 0.2) is 66.3 Å². The lowest BCUT2D eigenvalue weighted by atomic mass is 10.2. The third-order valence-electron chi connectivity index (χ3n) is 4.25. The maximum Gasteiger partial charge on any atom is 0.192 e. The molecular formula is C21H20FN3O3S. The van der Waals surface area contributed by atoms with Crippen LogP contribution in [0, 0.1) is 5.82 Å². The van der Waals surface area contributed by atoms with Crippen LogP contribution in [0.3, 0.4) is 0 Å². The van der Waals surface area contributed by atoms with Gasteiger partial charge in [0.15, 0.2) is 28.6 Å². The summed E-state index contributed by atoms with van der Waals surface area (Å²) < 4.78 is 32.4. The van der Waals surface area contributed by atoms with E-state index in [4.69, 9.17) is 14.2 Å². The molecule has 0 spiro atoms. The molecule has 0 aliphatic carbocycles. The number of fused-ring (bicyclic) bond motifs is 1. The molecule has 0 saturated heterocycles. The molecule has 1 atom stereocenters. The average molecular weight is 413 g/mol. The van der Waals surface area contributed by atoms with Crippen molar-refractivity contribution in [3.8, 4) is 17.2 Å². The summed E-state index contributed by atoms with van der Waals surface area (Å²) in [7, 11) is 0. The SMILES string of the molecule is C=CCn1c(SCCOc2ccc(F)cc2)nnc1C1COc2ccccc2O1. The van der Waals surface area contributed by atoms with Crippen molar-refractivity contribution in [3.05, 3.63) is 72.8 Å². The summed E-state index contributed by atoms with van der Waals surface area (Å²) in [5.41, 5.74) is 0. The monoisotopic (exact) mass is 413 g/mol. The van der Waals surface area contributed by atoms with Crippen molar-refractivity contribution in [3.63, 3.8) is 0 Å². The quantitative estimate of drug-likeness (QED) is 0.312. The Morgan fingerprint density at radius 3 is 2.76 bits per heavy atom. The van der Waals surface area contributed by atoms with E-state index in [-0.39, 0.29) is 11.9 Å². The molecule has 0 N–H and O–H groups in total. The molecule has 8 heteroatoms. The summed E-state index contributed by atoms with van der Waals surface area (Å²) in [5, 5.41) is 9.40. The molecule has 2 aromatic carbocycles. The predicted octanol–water partition coefficient (Wildman–Crippen LogP) is 4.29. The zero-order valence-corrected chi connectivity index (χ0v) is 16.5. The lowest BCUT2D eigenvalue weighted by molar-refractivity contribution is 0.0821. The predicted molar refractivity (Wildman–Crippen MR) is 108 cm³/mol. The Morgan fingerprint density at radius 2 is 1.97 bits per heavy atom. The van der Waals surface area contributed by atoms with Crippen molar-refractivity contribution in [2.24, 2.45) is 0 Å². The van der Waals surface area contributed by atoms with Gasteiger partial charge in [-0.05, 0) is 36.4 Å². The molecule has 0 saturated carbocycles. The van der Waals surface area contributed by atoms with Crippen LogP contribution in [0.4, 0.5) is 4.39 Å². The van der Waals surface area contributed by atoms with Crippen molar-refractivity contribution >= 4 is 11.8 Å². The van der Waals surface area contributed by atoms with Gasteiger partial charge in [-0.25, -0.2) is 4.39 Å². The first kappa shape index (κ1) is 19.3. The number of benzene rings is 2. The van der Waals surface area contributed by atoms with Crippen LogP contribution in [-0.2, 0) is 6.54 Å². The Balaban J connectivity index is 1.40. The van der Waals surface area contributed by atoms with Crippen LogP contribution in [0.2, 0.25) is 0 Å². The zero-order valence-electron chi connectivity index (χ0n) is 15.7. The number of rotatable bonds is 8. The molecule has 1 aromatic heterocycles. The lowest BCUT2D eigenvalue weighted by Crippen LogP contribution is -2.25. The summed E-state index contributed by atoms with van der Waals surface area (Å²) >= 11 is 1.53. The molecule has 0 fully saturated rings. The van der Waals surface area contributed by atoms with E-state index in [2.05, 4.69) is 16.8 Å². The van der Waals surface area contributed by atoms with Gasteiger partial charge >= 0.3 is 0 Å². The van der Waals surface area contributed by atoms with E-state index >= 15 is 0 Å². The summed E-state index contributed by atoms with van der Waals surface area (Å²) in [4.78, 5) is 0. The van der Waals surface area contributed by atoms with Crippen molar-refractivity contribution < 1.29 is 18.6 Å². The molecule has 0 radical (unpaired) electrons. The van der Waals surface area contributed by atoms with Crippen LogP contribution in [0.25, 0.3) is 0 Å². The normalized spacial score (nSPS) is 15.1. The first-order valence-electron chi connectivity index (χ1n) is 9.18. The van der Waals surface area contributed by atoms with E-state index in [1.54, 1.807) is 18.2 Å². The Kier molecular flexibility index (Phi) is 6.00. The minimum absolute atomic E-state index is 0.284. The van der Waals surface area contributed by atoms with E-state index in [0.29, 0.717) is 42.8 Å². The molecule has 1 unspecified atom stereocenters. The van der Waals surface area contributed by atoms with E-state index in [1.807, 2.05) is 28.8 Å². The number of ether oxygens (including phenoxy) is 3. The van der Waals surface area contributed by atoms with Gasteiger partial charge in [0, 0.05) is 12.3 Å². The van der Waals surface area contributed by atoms with Crippen LogP contribution in [-0.4, -0.2) is 33.7 Å². The van der Waals surface area contributed by atoms with Crippen molar-refractivity contribution in [2.45, 2.75) is 17.8 Å². The summed E-state index contributed by atoms with van der Waals surface area (Å²) in [6, 6.07) is 13.5. The Hall–Kier alpha value is -3.00. The molecule has 3 aromatic rings. The Labute approximate surface area is 172 Å². The first-order chi connectivity index (χ1) is 14.2. The second-order valence-electron chi connectivity index (χ2n) is 6.26. The van der Waals surface area contributed by atoms with Gasteiger partial charge in [0.1, 0.15) is 18.2 Å². The number of nitrogens with zero attached hydrogens (tertiary/aromatic N) is 3. The number of hydrogen-bond acceptors (Lipinski definition) is 6. The van der Waals surface area contributed by atoms with Crippen molar-refractivity contribution in [2.75, 3.05) is 19.0 Å². The number of allylic oxidation sites excluding steroid dienone is 1. The molecule has 1 aliphatic heterocycles. The fraction of sp³-hybridized carbons (Fsp3) is 0.238. The second kappa shape index (κ2) is 9.00. The number of para-hydroxylation sites is 2. The van der Waals surface area contributed by atoms with Crippen LogP contribution >= 0.6 is 11.8 Å². The highest BCUT2D eigenvalue weighted by atomic mass is 32.2. The second-order valence-corrected chi connectivity index (χ2v) is 7.32. The number of halogens is 1. The average Bonchev–Trinajstić information content (AvgIpc) is 3.15. The van der Waals surface area contributed by atoms with Crippen molar-refractivity contribution in [1.82, 2.24) is 14.8 Å². The van der Waals surface area contributed by atoms with Gasteiger partial charge in [-0.1, -0.05) is 30.0 Å². The van der Waals surface area contributed by atoms with Crippen LogP contribution < -0.4 is 14.2 Å². The summed E-state index contributed by atoms with van der Waals surface area (Å²) in [5.74, 6) is 3.13. The van der Waals surface area contributed by atoms with E-state index in [0.717, 1.165) is 10.9 Å².